The van der Waals surface area contributed by atoms with Gasteiger partial charge in [-0.1, -0.05) is 22.9 Å². The van der Waals surface area contributed by atoms with Crippen LogP contribution in [0.15, 0.2) is 22.7 Å². The molecular weight excluding hydrogens is 295 g/mol. The van der Waals surface area contributed by atoms with E-state index in [1.807, 2.05) is 0 Å². The van der Waals surface area contributed by atoms with Gasteiger partial charge in [-0.05, 0) is 49.7 Å². The highest BCUT2D eigenvalue weighted by molar-refractivity contribution is 9.10. The van der Waals surface area contributed by atoms with Crippen molar-refractivity contribution in [2.75, 3.05) is 19.6 Å². The van der Waals surface area contributed by atoms with E-state index in [0.717, 1.165) is 29.7 Å². The molecule has 1 aliphatic rings. The maximum atomic E-state index is 13.2. The van der Waals surface area contributed by atoms with E-state index < -0.39 is 0 Å². The Hall–Kier alpha value is -0.450. The van der Waals surface area contributed by atoms with E-state index in [1.54, 1.807) is 12.1 Å². The smallest absolute Gasteiger partial charge is 0.123 e. The largest absolute Gasteiger partial charge is 0.309 e. The van der Waals surface area contributed by atoms with Gasteiger partial charge in [-0.15, -0.1) is 0 Å². The van der Waals surface area contributed by atoms with Crippen LogP contribution >= 0.6 is 15.9 Å². The molecule has 0 spiro atoms. The van der Waals surface area contributed by atoms with Crippen molar-refractivity contribution >= 4 is 15.9 Å². The van der Waals surface area contributed by atoms with Crippen LogP contribution < -0.4 is 5.32 Å². The summed E-state index contributed by atoms with van der Waals surface area (Å²) in [5, 5.41) is 3.53. The van der Waals surface area contributed by atoms with Gasteiger partial charge in [0.2, 0.25) is 0 Å². The average Bonchev–Trinajstić information content (AvgIpc) is 2.40. The second-order valence-electron chi connectivity index (χ2n) is 4.85. The number of hydrogen-bond acceptors (Lipinski definition) is 2. The SMILES string of the molecule is CCN1CCCC(NCc2cc(F)ccc2Br)C1. The monoisotopic (exact) mass is 314 g/mol. The molecule has 0 bridgehead atoms. The fraction of sp³-hybridized carbons (Fsp3) is 0.571. The highest BCUT2D eigenvalue weighted by Crippen LogP contribution is 2.18. The van der Waals surface area contributed by atoms with Crippen molar-refractivity contribution in [2.45, 2.75) is 32.4 Å². The van der Waals surface area contributed by atoms with Gasteiger partial charge < -0.3 is 10.2 Å². The normalized spacial score (nSPS) is 21.2. The molecule has 0 radical (unpaired) electrons. The average molecular weight is 315 g/mol. The van der Waals surface area contributed by atoms with Crippen LogP contribution in [0.25, 0.3) is 0 Å². The van der Waals surface area contributed by atoms with E-state index in [4.69, 9.17) is 0 Å². The number of likely N-dealkylation sites (tertiary alicyclic amines) is 1. The summed E-state index contributed by atoms with van der Waals surface area (Å²) in [7, 11) is 0. The lowest BCUT2D eigenvalue weighted by atomic mass is 10.1. The van der Waals surface area contributed by atoms with E-state index in [1.165, 1.54) is 25.5 Å². The summed E-state index contributed by atoms with van der Waals surface area (Å²) >= 11 is 3.46. The van der Waals surface area contributed by atoms with Crippen LogP contribution in [0, 0.1) is 5.82 Å². The molecule has 1 heterocycles. The van der Waals surface area contributed by atoms with Crippen LogP contribution in [-0.4, -0.2) is 30.6 Å². The number of nitrogens with one attached hydrogen (secondary N) is 1. The second kappa shape index (κ2) is 6.64. The van der Waals surface area contributed by atoms with Crippen molar-refractivity contribution < 1.29 is 4.39 Å². The summed E-state index contributed by atoms with van der Waals surface area (Å²) in [6.45, 7) is 6.34. The Morgan fingerprint density at radius 1 is 1.50 bits per heavy atom. The van der Waals surface area contributed by atoms with Crippen LogP contribution in [-0.2, 0) is 6.54 Å². The molecule has 100 valence electrons. The maximum Gasteiger partial charge on any atom is 0.123 e. The Morgan fingerprint density at radius 2 is 2.33 bits per heavy atom. The number of benzene rings is 1. The molecule has 0 saturated carbocycles. The highest BCUT2D eigenvalue weighted by Gasteiger charge is 2.18. The number of hydrogen-bond donors (Lipinski definition) is 1. The lowest BCUT2D eigenvalue weighted by Gasteiger charge is -2.32. The lowest BCUT2D eigenvalue weighted by Crippen LogP contribution is -2.45. The molecular formula is C14H20BrFN2. The molecule has 4 heteroatoms. The van der Waals surface area contributed by atoms with E-state index in [-0.39, 0.29) is 5.82 Å². The summed E-state index contributed by atoms with van der Waals surface area (Å²) in [6, 6.07) is 5.37. The minimum Gasteiger partial charge on any atom is -0.309 e. The first-order valence-electron chi connectivity index (χ1n) is 6.58. The van der Waals surface area contributed by atoms with Crippen LogP contribution in [0.3, 0.4) is 0 Å². The third kappa shape index (κ3) is 3.77. The van der Waals surface area contributed by atoms with Crippen molar-refractivity contribution in [2.24, 2.45) is 0 Å². The Kier molecular flexibility index (Phi) is 5.15. The summed E-state index contributed by atoms with van der Waals surface area (Å²) in [5.74, 6) is -0.172. The summed E-state index contributed by atoms with van der Waals surface area (Å²) < 4.78 is 14.1. The molecule has 0 aromatic heterocycles. The van der Waals surface area contributed by atoms with Crippen LogP contribution in [0.5, 0.6) is 0 Å². The first-order valence-corrected chi connectivity index (χ1v) is 7.38. The molecule has 2 rings (SSSR count). The first kappa shape index (κ1) is 14.0. The van der Waals surface area contributed by atoms with Gasteiger partial charge >= 0.3 is 0 Å². The standard InChI is InChI=1S/C14H20BrFN2/c1-2-18-7-3-4-13(10-18)17-9-11-8-12(16)5-6-14(11)15/h5-6,8,13,17H,2-4,7,9-10H2,1H3. The van der Waals surface area contributed by atoms with Gasteiger partial charge in [-0.2, -0.15) is 0 Å². The quantitative estimate of drug-likeness (QED) is 0.918. The van der Waals surface area contributed by atoms with Crippen molar-refractivity contribution in [3.8, 4) is 0 Å². The molecule has 1 atom stereocenters. The molecule has 2 nitrogen and oxygen atoms in total. The minimum absolute atomic E-state index is 0.172. The summed E-state index contributed by atoms with van der Waals surface area (Å²) in [4.78, 5) is 2.46. The number of likely N-dealkylation sites (N-methyl/N-ethyl adjacent to an activating group) is 1. The topological polar surface area (TPSA) is 15.3 Å². The maximum absolute atomic E-state index is 13.2. The van der Waals surface area contributed by atoms with Gasteiger partial charge in [0.15, 0.2) is 0 Å². The number of nitrogens with zero attached hydrogens (tertiary/aromatic N) is 1. The summed E-state index contributed by atoms with van der Waals surface area (Å²) in [5.41, 5.74) is 0.989. The lowest BCUT2D eigenvalue weighted by molar-refractivity contribution is 0.198. The molecule has 18 heavy (non-hydrogen) atoms. The van der Waals surface area contributed by atoms with Crippen molar-refractivity contribution in [1.82, 2.24) is 10.2 Å². The predicted molar refractivity (Wildman–Crippen MR) is 76.1 cm³/mol. The Balaban J connectivity index is 1.89. The second-order valence-corrected chi connectivity index (χ2v) is 5.70. The third-order valence-corrected chi connectivity index (χ3v) is 4.32. The van der Waals surface area contributed by atoms with Crippen molar-refractivity contribution in [3.63, 3.8) is 0 Å². The van der Waals surface area contributed by atoms with Gasteiger partial charge in [0, 0.05) is 23.6 Å². The fourth-order valence-corrected chi connectivity index (χ4v) is 2.83. The molecule has 0 aliphatic carbocycles. The molecule has 1 aromatic rings. The van der Waals surface area contributed by atoms with E-state index in [9.17, 15) is 4.39 Å². The van der Waals surface area contributed by atoms with Crippen molar-refractivity contribution in [3.05, 3.63) is 34.1 Å². The van der Waals surface area contributed by atoms with Gasteiger partial charge in [-0.25, -0.2) is 4.39 Å². The Morgan fingerprint density at radius 3 is 3.11 bits per heavy atom. The zero-order valence-electron chi connectivity index (χ0n) is 10.8. The zero-order valence-corrected chi connectivity index (χ0v) is 12.3. The molecule has 1 N–H and O–H groups in total. The molecule has 1 aromatic carbocycles. The van der Waals surface area contributed by atoms with E-state index in [0.29, 0.717) is 6.04 Å². The van der Waals surface area contributed by atoms with Gasteiger partial charge in [0.05, 0.1) is 0 Å². The number of halogens is 2. The van der Waals surface area contributed by atoms with Gasteiger partial charge in [0.25, 0.3) is 0 Å². The molecule has 1 saturated heterocycles. The molecule has 1 unspecified atom stereocenters. The van der Waals surface area contributed by atoms with Gasteiger partial charge in [-0.3, -0.25) is 0 Å². The number of rotatable bonds is 4. The summed E-state index contributed by atoms with van der Waals surface area (Å²) in [6.07, 6.45) is 2.46. The minimum atomic E-state index is -0.172. The number of piperidine rings is 1. The van der Waals surface area contributed by atoms with Crippen LogP contribution in [0.4, 0.5) is 4.39 Å². The van der Waals surface area contributed by atoms with Crippen LogP contribution in [0.2, 0.25) is 0 Å². The molecule has 1 aliphatic heterocycles. The third-order valence-electron chi connectivity index (χ3n) is 3.54. The Bertz CT molecular complexity index is 397. The van der Waals surface area contributed by atoms with E-state index in [2.05, 4.69) is 33.1 Å². The predicted octanol–water partition coefficient (Wildman–Crippen LogP) is 3.16. The molecule has 0 amide bonds. The van der Waals surface area contributed by atoms with Crippen LogP contribution in [0.1, 0.15) is 25.3 Å². The first-order chi connectivity index (χ1) is 8.69. The zero-order chi connectivity index (χ0) is 13.0. The van der Waals surface area contributed by atoms with Gasteiger partial charge in [0.1, 0.15) is 5.82 Å². The Labute approximate surface area is 117 Å². The fourth-order valence-electron chi connectivity index (χ4n) is 2.44. The highest BCUT2D eigenvalue weighted by atomic mass is 79.9. The van der Waals surface area contributed by atoms with E-state index >= 15 is 0 Å². The molecule has 1 fully saturated rings. The van der Waals surface area contributed by atoms with Crippen molar-refractivity contribution in [1.29, 1.82) is 0 Å².